The van der Waals surface area contributed by atoms with Crippen molar-refractivity contribution in [2.24, 2.45) is 0 Å². The number of halogens is 3. The number of fused-ring (bicyclic) bond motifs is 1. The topological polar surface area (TPSA) is 101 Å². The van der Waals surface area contributed by atoms with Crippen LogP contribution in [0, 0.1) is 0 Å². The summed E-state index contributed by atoms with van der Waals surface area (Å²) >= 11 is 1.02. The summed E-state index contributed by atoms with van der Waals surface area (Å²) in [7, 11) is 1.32. The molecular weight excluding hydrogens is 387 g/mol. The van der Waals surface area contributed by atoms with Crippen LogP contribution >= 0.6 is 11.3 Å². The number of carbonyl (C=O) groups excluding carboxylic acids is 1. The summed E-state index contributed by atoms with van der Waals surface area (Å²) in [6, 6.07) is 4.50. The fourth-order valence-corrected chi connectivity index (χ4v) is 3.09. The first-order valence-corrected chi connectivity index (χ1v) is 8.07. The highest BCUT2D eigenvalue weighted by molar-refractivity contribution is 7.22. The number of carbonyl (C=O) groups is 2. The van der Waals surface area contributed by atoms with E-state index in [0.717, 1.165) is 23.6 Å². The van der Waals surface area contributed by atoms with Gasteiger partial charge in [0.15, 0.2) is 5.13 Å². The smallest absolute Gasteiger partial charge is 0.433 e. The van der Waals surface area contributed by atoms with E-state index in [2.05, 4.69) is 15.3 Å². The van der Waals surface area contributed by atoms with E-state index >= 15 is 0 Å². The lowest BCUT2D eigenvalue weighted by Crippen LogP contribution is -2.14. The van der Waals surface area contributed by atoms with Gasteiger partial charge in [0.05, 0.1) is 22.9 Å². The number of amides is 1. The van der Waals surface area contributed by atoms with Crippen molar-refractivity contribution >= 4 is 38.6 Å². The van der Waals surface area contributed by atoms with Crippen LogP contribution in [-0.4, -0.2) is 34.1 Å². The number of nitrogens with one attached hydrogen (secondary N) is 1. The second-order valence-corrected chi connectivity index (χ2v) is 6.26. The number of aromatic carboxylic acids is 1. The van der Waals surface area contributed by atoms with Gasteiger partial charge in [-0.25, -0.2) is 9.78 Å². The van der Waals surface area contributed by atoms with Crippen LogP contribution in [0.15, 0.2) is 30.5 Å². The van der Waals surface area contributed by atoms with Gasteiger partial charge in [0.2, 0.25) is 0 Å². The number of carboxylic acid groups (broad SMARTS) is 1. The molecule has 2 heterocycles. The normalized spacial score (nSPS) is 11.4. The quantitative estimate of drug-likeness (QED) is 0.697. The van der Waals surface area contributed by atoms with E-state index in [1.807, 2.05) is 0 Å². The van der Waals surface area contributed by atoms with E-state index in [1.54, 1.807) is 0 Å². The predicted octanol–water partition coefficient (Wildman–Crippen LogP) is 3.67. The summed E-state index contributed by atoms with van der Waals surface area (Å²) in [6.07, 6.45) is -3.78. The Morgan fingerprint density at radius 1 is 1.26 bits per heavy atom. The number of pyridine rings is 1. The van der Waals surface area contributed by atoms with Crippen molar-refractivity contribution in [2.45, 2.75) is 6.18 Å². The zero-order chi connectivity index (χ0) is 19.8. The first-order chi connectivity index (χ1) is 12.7. The van der Waals surface area contributed by atoms with Gasteiger partial charge < -0.3 is 9.84 Å². The van der Waals surface area contributed by atoms with Crippen molar-refractivity contribution < 1.29 is 32.6 Å². The molecule has 0 bridgehead atoms. The molecule has 2 aromatic heterocycles. The van der Waals surface area contributed by atoms with Crippen LogP contribution in [0.1, 0.15) is 26.4 Å². The molecule has 0 aliphatic heterocycles. The highest BCUT2D eigenvalue weighted by Crippen LogP contribution is 2.32. The molecule has 3 rings (SSSR count). The lowest BCUT2D eigenvalue weighted by molar-refractivity contribution is -0.141. The molecule has 0 atom stereocenters. The van der Waals surface area contributed by atoms with Crippen molar-refractivity contribution in [1.82, 2.24) is 9.97 Å². The van der Waals surface area contributed by atoms with E-state index < -0.39 is 23.7 Å². The van der Waals surface area contributed by atoms with Crippen molar-refractivity contribution in [3.05, 3.63) is 47.3 Å². The molecule has 27 heavy (non-hydrogen) atoms. The molecular formula is C16H10F3N3O4S. The molecule has 0 aliphatic rings. The predicted molar refractivity (Wildman–Crippen MR) is 90.3 cm³/mol. The number of benzene rings is 1. The van der Waals surface area contributed by atoms with E-state index in [9.17, 15) is 27.9 Å². The third-order valence-corrected chi connectivity index (χ3v) is 4.41. The average Bonchev–Trinajstić information content (AvgIpc) is 3.00. The molecule has 0 saturated carbocycles. The second-order valence-electron chi connectivity index (χ2n) is 5.23. The molecule has 3 aromatic rings. The van der Waals surface area contributed by atoms with Crippen LogP contribution in [0.3, 0.4) is 0 Å². The van der Waals surface area contributed by atoms with Crippen LogP contribution in [-0.2, 0) is 6.18 Å². The van der Waals surface area contributed by atoms with Crippen LogP contribution in [0.2, 0.25) is 0 Å². The molecule has 0 saturated heterocycles. The third kappa shape index (κ3) is 3.82. The number of hydrogen-bond donors (Lipinski definition) is 2. The fourth-order valence-electron chi connectivity index (χ4n) is 2.21. The maximum absolute atomic E-state index is 12.5. The Balaban J connectivity index is 1.85. The molecule has 0 aliphatic carbocycles. The van der Waals surface area contributed by atoms with Gasteiger partial charge in [0.25, 0.3) is 5.91 Å². The first-order valence-electron chi connectivity index (χ1n) is 7.25. The van der Waals surface area contributed by atoms with Gasteiger partial charge in [0, 0.05) is 12.3 Å². The number of methoxy groups -OCH3 is 1. The minimum absolute atomic E-state index is 0.0570. The molecule has 0 fully saturated rings. The molecule has 0 radical (unpaired) electrons. The van der Waals surface area contributed by atoms with Crippen LogP contribution in [0.25, 0.3) is 10.2 Å². The molecule has 2 N–H and O–H groups in total. The number of rotatable bonds is 4. The summed E-state index contributed by atoms with van der Waals surface area (Å²) in [5.41, 5.74) is -0.834. The lowest BCUT2D eigenvalue weighted by atomic mass is 10.2. The van der Waals surface area contributed by atoms with E-state index in [0.29, 0.717) is 16.3 Å². The minimum atomic E-state index is -4.59. The third-order valence-electron chi connectivity index (χ3n) is 3.48. The summed E-state index contributed by atoms with van der Waals surface area (Å²) in [5, 5.41) is 11.8. The Labute approximate surface area is 153 Å². The Bertz CT molecular complexity index is 1030. The molecule has 0 spiro atoms. The molecule has 140 valence electrons. The lowest BCUT2D eigenvalue weighted by Gasteiger charge is -2.06. The standard InChI is InChI=1S/C16H10F3N3O4S/c1-26-10-5-9-11(4-8(10)14(24)25)27-15(21-9)22-13(23)7-2-3-12(20-6-7)16(17,18)19/h2-6H,1H3,(H,24,25)(H,21,22,23). The SMILES string of the molecule is COc1cc2nc(NC(=O)c3ccc(C(F)(F)F)nc3)sc2cc1C(=O)O. The average molecular weight is 397 g/mol. The molecule has 11 heteroatoms. The van der Waals surface area contributed by atoms with Crippen LogP contribution in [0.5, 0.6) is 5.75 Å². The van der Waals surface area contributed by atoms with Crippen molar-refractivity contribution in [1.29, 1.82) is 0 Å². The first kappa shape index (κ1) is 18.6. The zero-order valence-corrected chi connectivity index (χ0v) is 14.3. The maximum Gasteiger partial charge on any atom is 0.433 e. The zero-order valence-electron chi connectivity index (χ0n) is 13.5. The van der Waals surface area contributed by atoms with Gasteiger partial charge in [-0.05, 0) is 18.2 Å². The highest BCUT2D eigenvalue weighted by atomic mass is 32.1. The van der Waals surface area contributed by atoms with E-state index in [-0.39, 0.29) is 22.0 Å². The van der Waals surface area contributed by atoms with E-state index in [4.69, 9.17) is 4.74 Å². The van der Waals surface area contributed by atoms with E-state index in [1.165, 1.54) is 19.2 Å². The number of nitrogens with zero attached hydrogens (tertiary/aromatic N) is 2. The molecule has 0 unspecified atom stereocenters. The van der Waals surface area contributed by atoms with Crippen molar-refractivity contribution in [2.75, 3.05) is 12.4 Å². The summed E-state index contributed by atoms with van der Waals surface area (Å²) in [4.78, 5) is 30.8. The Morgan fingerprint density at radius 3 is 2.56 bits per heavy atom. The molecule has 1 aromatic carbocycles. The summed E-state index contributed by atoms with van der Waals surface area (Å²) in [5.74, 6) is -1.76. The second kappa shape index (κ2) is 6.83. The largest absolute Gasteiger partial charge is 0.496 e. The van der Waals surface area contributed by atoms with Gasteiger partial charge in [-0.1, -0.05) is 11.3 Å². The Hall–Kier alpha value is -3.21. The number of anilines is 1. The number of thiazole rings is 1. The van der Waals surface area contributed by atoms with Gasteiger partial charge >= 0.3 is 12.1 Å². The molecule has 7 nitrogen and oxygen atoms in total. The van der Waals surface area contributed by atoms with Crippen molar-refractivity contribution in [3.63, 3.8) is 0 Å². The van der Waals surface area contributed by atoms with Crippen LogP contribution < -0.4 is 10.1 Å². The Morgan fingerprint density at radius 2 is 2.00 bits per heavy atom. The molecule has 1 amide bonds. The number of hydrogen-bond acceptors (Lipinski definition) is 6. The van der Waals surface area contributed by atoms with Gasteiger partial charge in [-0.3, -0.25) is 15.1 Å². The summed E-state index contributed by atoms with van der Waals surface area (Å²) < 4.78 is 43.0. The van der Waals surface area contributed by atoms with Gasteiger partial charge in [-0.15, -0.1) is 0 Å². The Kier molecular flexibility index (Phi) is 4.70. The van der Waals surface area contributed by atoms with Gasteiger partial charge in [0.1, 0.15) is 17.0 Å². The number of aromatic nitrogens is 2. The number of ether oxygens (including phenoxy) is 1. The highest BCUT2D eigenvalue weighted by Gasteiger charge is 2.32. The van der Waals surface area contributed by atoms with Crippen molar-refractivity contribution in [3.8, 4) is 5.75 Å². The maximum atomic E-state index is 12.5. The fraction of sp³-hybridized carbons (Fsp3) is 0.125. The number of alkyl halides is 3. The monoisotopic (exact) mass is 397 g/mol. The summed E-state index contributed by atoms with van der Waals surface area (Å²) in [6.45, 7) is 0. The minimum Gasteiger partial charge on any atom is -0.496 e. The van der Waals surface area contributed by atoms with Gasteiger partial charge in [-0.2, -0.15) is 13.2 Å². The van der Waals surface area contributed by atoms with Crippen LogP contribution in [0.4, 0.5) is 18.3 Å². The number of carboxylic acids is 1.